The molecule has 5 nitrogen and oxygen atoms in total. The Morgan fingerprint density at radius 3 is 2.79 bits per heavy atom. The molecule has 2 aliphatic heterocycles. The fraction of sp³-hybridized carbons (Fsp3) is 0.154. The molecule has 1 atom stereocenters. The van der Waals surface area contributed by atoms with Gasteiger partial charge in [-0.05, 0) is 5.56 Å². The molecule has 98 valence electrons. The van der Waals surface area contributed by atoms with Crippen molar-refractivity contribution < 1.29 is 9.78 Å². The van der Waals surface area contributed by atoms with Gasteiger partial charge in [-0.15, -0.1) is 0 Å². The molecule has 1 aromatic carbocycles. The Morgan fingerprint density at radius 2 is 2.11 bits per heavy atom. The van der Waals surface area contributed by atoms with Gasteiger partial charge in [-0.25, -0.2) is 4.99 Å². The van der Waals surface area contributed by atoms with Gasteiger partial charge in [0.1, 0.15) is 17.6 Å². The second-order valence-electron chi connectivity index (χ2n) is 4.09. The summed E-state index contributed by atoms with van der Waals surface area (Å²) in [4.78, 5) is 16.1. The van der Waals surface area contributed by atoms with Crippen molar-refractivity contribution >= 4 is 16.8 Å². The van der Waals surface area contributed by atoms with E-state index in [2.05, 4.69) is 4.99 Å². The highest BCUT2D eigenvalue weighted by molar-refractivity contribution is 6.68. The van der Waals surface area contributed by atoms with E-state index in [0.29, 0.717) is 23.5 Å². The van der Waals surface area contributed by atoms with E-state index in [4.69, 9.17) is 27.1 Å². The lowest BCUT2D eigenvalue weighted by molar-refractivity contribution is -0.249. The largest absolute Gasteiger partial charge is 0.385 e. The molecule has 0 amide bonds. The Bertz CT molecular complexity index is 569. The number of halogens is 1. The van der Waals surface area contributed by atoms with Gasteiger partial charge in [-0.3, -0.25) is 4.90 Å². The number of aliphatic imine (C=N–C) groups is 1. The number of benzene rings is 1. The minimum Gasteiger partial charge on any atom is -0.385 e. The van der Waals surface area contributed by atoms with Crippen LogP contribution in [0, 0.1) is 0 Å². The molecule has 1 unspecified atom stereocenters. The highest BCUT2D eigenvalue weighted by atomic mass is 35.5. The van der Waals surface area contributed by atoms with E-state index in [-0.39, 0.29) is 6.17 Å². The topological polar surface area (TPSA) is 60.1 Å². The number of nitrogens with two attached hydrogens (primary N) is 1. The lowest BCUT2D eigenvalue weighted by Crippen LogP contribution is -2.34. The molecule has 19 heavy (non-hydrogen) atoms. The minimum absolute atomic E-state index is 0.355. The number of hydrogen-bond acceptors (Lipinski definition) is 5. The molecule has 0 aliphatic carbocycles. The molecule has 6 heteroatoms. The third kappa shape index (κ3) is 2.30. The molecule has 2 heterocycles. The van der Waals surface area contributed by atoms with Crippen LogP contribution in [0.1, 0.15) is 11.7 Å². The summed E-state index contributed by atoms with van der Waals surface area (Å²) in [6, 6.07) is 9.73. The Labute approximate surface area is 115 Å². The average Bonchev–Trinajstić information content (AvgIpc) is 2.92. The summed E-state index contributed by atoms with van der Waals surface area (Å²) in [6.07, 6.45) is 3.03. The third-order valence-electron chi connectivity index (χ3n) is 2.84. The molecule has 0 bridgehead atoms. The van der Waals surface area contributed by atoms with Crippen molar-refractivity contribution in [3.63, 3.8) is 0 Å². The van der Waals surface area contributed by atoms with Gasteiger partial charge < -0.3 is 10.6 Å². The molecule has 0 aromatic heterocycles. The number of allylic oxidation sites excluding steroid dienone is 1. The predicted molar refractivity (Wildman–Crippen MR) is 71.7 cm³/mol. The molecule has 1 aromatic rings. The summed E-state index contributed by atoms with van der Waals surface area (Å²) in [5, 5.41) is 0.363. The molecule has 2 N–H and O–H groups in total. The SMILES string of the molecule is NC1=CC(Cl)=NC(c2ccccc2)N1C1=CCOO1. The molecule has 0 saturated heterocycles. The van der Waals surface area contributed by atoms with Gasteiger partial charge in [0.15, 0.2) is 6.17 Å². The highest BCUT2D eigenvalue weighted by Gasteiger charge is 2.30. The molecule has 0 fully saturated rings. The monoisotopic (exact) mass is 277 g/mol. The first-order valence-electron chi connectivity index (χ1n) is 5.80. The van der Waals surface area contributed by atoms with Gasteiger partial charge in [0.2, 0.25) is 5.88 Å². The molecule has 3 rings (SSSR count). The van der Waals surface area contributed by atoms with E-state index < -0.39 is 0 Å². The molecule has 0 radical (unpaired) electrons. The number of rotatable bonds is 2. The van der Waals surface area contributed by atoms with Crippen molar-refractivity contribution in [2.45, 2.75) is 6.17 Å². The van der Waals surface area contributed by atoms with Crippen molar-refractivity contribution in [2.24, 2.45) is 10.7 Å². The summed E-state index contributed by atoms with van der Waals surface area (Å²) in [5.74, 6) is 0.987. The fourth-order valence-electron chi connectivity index (χ4n) is 2.01. The van der Waals surface area contributed by atoms with Crippen molar-refractivity contribution in [3.05, 3.63) is 59.8 Å². The Morgan fingerprint density at radius 1 is 1.32 bits per heavy atom. The van der Waals surface area contributed by atoms with Crippen molar-refractivity contribution in [1.82, 2.24) is 4.90 Å². The standard InChI is InChI=1S/C13H12ClN3O2/c14-10-8-11(15)17(12-6-7-18-19-12)13(16-10)9-4-2-1-3-5-9/h1-6,8,13H,7,15H2. The molecular formula is C13H12ClN3O2. The molecular weight excluding hydrogens is 266 g/mol. The molecule has 2 aliphatic rings. The summed E-state index contributed by atoms with van der Waals surface area (Å²) >= 11 is 6.00. The fourth-order valence-corrected chi connectivity index (χ4v) is 2.22. The van der Waals surface area contributed by atoms with Gasteiger partial charge in [0.25, 0.3) is 0 Å². The van der Waals surface area contributed by atoms with Crippen molar-refractivity contribution in [3.8, 4) is 0 Å². The summed E-state index contributed by atoms with van der Waals surface area (Å²) in [6.45, 7) is 0.387. The summed E-state index contributed by atoms with van der Waals surface area (Å²) in [7, 11) is 0. The van der Waals surface area contributed by atoms with Crippen LogP contribution < -0.4 is 5.73 Å². The number of hydrogen-bond donors (Lipinski definition) is 1. The van der Waals surface area contributed by atoms with Crippen molar-refractivity contribution in [1.29, 1.82) is 0 Å². The lowest BCUT2D eigenvalue weighted by atomic mass is 10.1. The Balaban J connectivity index is 2.01. The maximum Gasteiger partial charge on any atom is 0.239 e. The van der Waals surface area contributed by atoms with E-state index >= 15 is 0 Å². The van der Waals surface area contributed by atoms with E-state index in [9.17, 15) is 0 Å². The first kappa shape index (κ1) is 12.1. The van der Waals surface area contributed by atoms with Crippen LogP contribution in [-0.4, -0.2) is 16.7 Å². The molecule has 0 spiro atoms. The van der Waals surface area contributed by atoms with Gasteiger partial charge in [-0.2, -0.15) is 4.89 Å². The third-order valence-corrected chi connectivity index (χ3v) is 3.05. The summed E-state index contributed by atoms with van der Waals surface area (Å²) in [5.41, 5.74) is 6.99. The van der Waals surface area contributed by atoms with E-state index in [1.54, 1.807) is 17.1 Å². The maximum atomic E-state index is 6.02. The van der Waals surface area contributed by atoms with Crippen LogP contribution in [0.2, 0.25) is 0 Å². The first-order valence-corrected chi connectivity index (χ1v) is 6.18. The first-order chi connectivity index (χ1) is 9.25. The smallest absolute Gasteiger partial charge is 0.239 e. The van der Waals surface area contributed by atoms with E-state index in [1.807, 2.05) is 30.3 Å². The second-order valence-corrected chi connectivity index (χ2v) is 4.47. The zero-order chi connectivity index (χ0) is 13.2. The maximum absolute atomic E-state index is 6.02. The average molecular weight is 278 g/mol. The van der Waals surface area contributed by atoms with Crippen LogP contribution in [0.4, 0.5) is 0 Å². The van der Waals surface area contributed by atoms with E-state index in [0.717, 1.165) is 5.56 Å². The molecule has 0 saturated carbocycles. The zero-order valence-electron chi connectivity index (χ0n) is 9.99. The van der Waals surface area contributed by atoms with Gasteiger partial charge in [-0.1, -0.05) is 41.9 Å². The van der Waals surface area contributed by atoms with Gasteiger partial charge >= 0.3 is 0 Å². The summed E-state index contributed by atoms with van der Waals surface area (Å²) < 4.78 is 0. The van der Waals surface area contributed by atoms with Crippen LogP contribution in [0.15, 0.2) is 59.2 Å². The Kier molecular flexibility index (Phi) is 3.15. The zero-order valence-corrected chi connectivity index (χ0v) is 10.7. The van der Waals surface area contributed by atoms with Crippen molar-refractivity contribution in [2.75, 3.05) is 6.61 Å². The van der Waals surface area contributed by atoms with Crippen LogP contribution in [0.5, 0.6) is 0 Å². The van der Waals surface area contributed by atoms with Crippen LogP contribution in [-0.2, 0) is 9.78 Å². The lowest BCUT2D eigenvalue weighted by Gasteiger charge is -2.32. The van der Waals surface area contributed by atoms with Gasteiger partial charge in [0.05, 0.1) is 0 Å². The Hall–Kier alpha value is -1.98. The minimum atomic E-state index is -0.355. The highest BCUT2D eigenvalue weighted by Crippen LogP contribution is 2.33. The quantitative estimate of drug-likeness (QED) is 0.842. The van der Waals surface area contributed by atoms with Crippen LogP contribution in [0.3, 0.4) is 0 Å². The van der Waals surface area contributed by atoms with Crippen LogP contribution in [0.25, 0.3) is 0 Å². The normalized spacial score (nSPS) is 22.5. The van der Waals surface area contributed by atoms with Crippen LogP contribution >= 0.6 is 11.6 Å². The number of nitrogens with zero attached hydrogens (tertiary/aromatic N) is 2. The van der Waals surface area contributed by atoms with Gasteiger partial charge in [0, 0.05) is 12.2 Å². The van der Waals surface area contributed by atoms with E-state index in [1.165, 1.54) is 0 Å². The predicted octanol–water partition coefficient (Wildman–Crippen LogP) is 2.24. The second kappa shape index (κ2) is 4.95.